The maximum atomic E-state index is 10.9. The second-order valence-corrected chi connectivity index (χ2v) is 6.11. The number of amides is 1. The number of thioether (sulfide) groups is 1. The lowest BCUT2D eigenvalue weighted by atomic mass is 10.3. The summed E-state index contributed by atoms with van der Waals surface area (Å²) >= 11 is 2.60. The summed E-state index contributed by atoms with van der Waals surface area (Å²) < 4.78 is 4.99. The summed E-state index contributed by atoms with van der Waals surface area (Å²) in [5, 5.41) is 11.3. The molecule has 0 aromatic carbocycles. The standard InChI is InChI=1S/C10H13N3O3S2/c1-5(14)11-7(9(15)16)4-17-10-12-8(13-18-10)6-2-3-6/h6-7H,2-4H2,1H3,(H,11,14)(H,15,16). The number of nitrogens with one attached hydrogen (secondary N) is 1. The van der Waals surface area contributed by atoms with Gasteiger partial charge in [0, 0.05) is 18.6 Å². The molecule has 0 bridgehead atoms. The van der Waals surface area contributed by atoms with Crippen LogP contribution in [0.3, 0.4) is 0 Å². The highest BCUT2D eigenvalue weighted by atomic mass is 32.2. The monoisotopic (exact) mass is 287 g/mol. The molecule has 0 radical (unpaired) electrons. The molecule has 1 aliphatic rings. The molecule has 1 saturated carbocycles. The average Bonchev–Trinajstić information content (AvgIpc) is 3.04. The second-order valence-electron chi connectivity index (χ2n) is 4.10. The van der Waals surface area contributed by atoms with E-state index in [2.05, 4.69) is 14.7 Å². The first-order valence-corrected chi connectivity index (χ1v) is 7.28. The minimum Gasteiger partial charge on any atom is -0.480 e. The lowest BCUT2D eigenvalue weighted by molar-refractivity contribution is -0.140. The Labute approximate surface area is 112 Å². The second kappa shape index (κ2) is 5.66. The van der Waals surface area contributed by atoms with Crippen molar-refractivity contribution >= 4 is 35.2 Å². The summed E-state index contributed by atoms with van der Waals surface area (Å²) in [6.45, 7) is 1.30. The van der Waals surface area contributed by atoms with E-state index in [0.29, 0.717) is 5.92 Å². The molecule has 8 heteroatoms. The van der Waals surface area contributed by atoms with Gasteiger partial charge in [0.25, 0.3) is 0 Å². The molecule has 1 aromatic heterocycles. The molecule has 98 valence electrons. The number of carboxylic acid groups (broad SMARTS) is 1. The highest BCUT2D eigenvalue weighted by Crippen LogP contribution is 2.39. The fourth-order valence-electron chi connectivity index (χ4n) is 1.36. The fraction of sp³-hybridized carbons (Fsp3) is 0.600. The molecule has 1 fully saturated rings. The van der Waals surface area contributed by atoms with Crippen LogP contribution in [0.5, 0.6) is 0 Å². The van der Waals surface area contributed by atoms with Gasteiger partial charge in [-0.05, 0) is 24.4 Å². The minimum absolute atomic E-state index is 0.258. The van der Waals surface area contributed by atoms with Crippen LogP contribution in [-0.2, 0) is 9.59 Å². The Bertz CT molecular complexity index is 459. The normalized spacial score (nSPS) is 16.3. The lowest BCUT2D eigenvalue weighted by Crippen LogP contribution is -2.41. The highest BCUT2D eigenvalue weighted by Gasteiger charge is 2.28. The number of carbonyl (C=O) groups excluding carboxylic acids is 1. The number of carbonyl (C=O) groups is 2. The zero-order chi connectivity index (χ0) is 13.1. The van der Waals surface area contributed by atoms with Crippen LogP contribution in [0.15, 0.2) is 4.34 Å². The number of aromatic nitrogens is 2. The smallest absolute Gasteiger partial charge is 0.327 e. The molecule has 1 amide bonds. The Balaban J connectivity index is 1.87. The number of hydrogen-bond donors (Lipinski definition) is 2. The van der Waals surface area contributed by atoms with Crippen LogP contribution in [0, 0.1) is 0 Å². The Kier molecular flexibility index (Phi) is 4.18. The van der Waals surface area contributed by atoms with Crippen LogP contribution in [0.2, 0.25) is 0 Å². The van der Waals surface area contributed by atoms with Gasteiger partial charge in [-0.2, -0.15) is 4.37 Å². The molecule has 1 atom stereocenters. The quantitative estimate of drug-likeness (QED) is 0.761. The molecule has 2 N–H and O–H groups in total. The van der Waals surface area contributed by atoms with E-state index in [-0.39, 0.29) is 11.7 Å². The van der Waals surface area contributed by atoms with E-state index >= 15 is 0 Å². The molecule has 1 aromatic rings. The third-order valence-electron chi connectivity index (χ3n) is 2.41. The molecular weight excluding hydrogens is 274 g/mol. The van der Waals surface area contributed by atoms with Crippen LogP contribution >= 0.6 is 23.3 Å². The summed E-state index contributed by atoms with van der Waals surface area (Å²) in [5.41, 5.74) is 0. The van der Waals surface area contributed by atoms with Crippen LogP contribution in [0.25, 0.3) is 0 Å². The van der Waals surface area contributed by atoms with E-state index in [0.717, 1.165) is 23.0 Å². The van der Waals surface area contributed by atoms with E-state index in [1.54, 1.807) is 0 Å². The van der Waals surface area contributed by atoms with Gasteiger partial charge < -0.3 is 10.4 Å². The van der Waals surface area contributed by atoms with Gasteiger partial charge >= 0.3 is 5.97 Å². The zero-order valence-corrected chi connectivity index (χ0v) is 11.4. The van der Waals surface area contributed by atoms with Gasteiger partial charge in [-0.15, -0.1) is 0 Å². The van der Waals surface area contributed by atoms with Crippen molar-refractivity contribution in [3.63, 3.8) is 0 Å². The van der Waals surface area contributed by atoms with E-state index in [4.69, 9.17) is 5.11 Å². The van der Waals surface area contributed by atoms with Crippen molar-refractivity contribution in [1.29, 1.82) is 0 Å². The zero-order valence-electron chi connectivity index (χ0n) is 9.75. The van der Waals surface area contributed by atoms with Crippen molar-refractivity contribution < 1.29 is 14.7 Å². The van der Waals surface area contributed by atoms with Crippen molar-refractivity contribution in [1.82, 2.24) is 14.7 Å². The molecule has 0 aliphatic heterocycles. The van der Waals surface area contributed by atoms with Crippen LogP contribution in [0.4, 0.5) is 0 Å². The van der Waals surface area contributed by atoms with Gasteiger partial charge in [0.2, 0.25) is 5.91 Å². The molecule has 6 nitrogen and oxygen atoms in total. The van der Waals surface area contributed by atoms with E-state index in [9.17, 15) is 9.59 Å². The molecule has 1 unspecified atom stereocenters. The predicted octanol–water partition coefficient (Wildman–Crippen LogP) is 1.10. The largest absolute Gasteiger partial charge is 0.480 e. The third-order valence-corrected chi connectivity index (χ3v) is 4.36. The number of carboxylic acids is 1. The number of hydrogen-bond acceptors (Lipinski definition) is 6. The SMILES string of the molecule is CC(=O)NC(CSc1nc(C2CC2)ns1)C(=O)O. The molecule has 18 heavy (non-hydrogen) atoms. The van der Waals surface area contributed by atoms with Gasteiger partial charge in [-0.3, -0.25) is 4.79 Å². The Morgan fingerprint density at radius 3 is 2.89 bits per heavy atom. The van der Waals surface area contributed by atoms with Gasteiger partial charge in [0.1, 0.15) is 11.9 Å². The first kappa shape index (κ1) is 13.3. The summed E-state index contributed by atoms with van der Waals surface area (Å²) in [4.78, 5) is 26.1. The fourth-order valence-corrected chi connectivity index (χ4v) is 3.08. The summed E-state index contributed by atoms with van der Waals surface area (Å²) in [6.07, 6.45) is 2.29. The molecular formula is C10H13N3O3S2. The van der Waals surface area contributed by atoms with Gasteiger partial charge in [-0.1, -0.05) is 11.8 Å². The van der Waals surface area contributed by atoms with Crippen molar-refractivity contribution in [2.24, 2.45) is 0 Å². The first-order valence-electron chi connectivity index (χ1n) is 5.52. The van der Waals surface area contributed by atoms with Crippen molar-refractivity contribution in [3.05, 3.63) is 5.82 Å². The average molecular weight is 287 g/mol. The van der Waals surface area contributed by atoms with Crippen LogP contribution in [-0.4, -0.2) is 38.1 Å². The summed E-state index contributed by atoms with van der Waals surface area (Å²) in [6, 6.07) is -0.888. The molecule has 0 saturated heterocycles. The lowest BCUT2D eigenvalue weighted by Gasteiger charge is -2.11. The number of aliphatic carboxylic acids is 1. The predicted molar refractivity (Wildman–Crippen MR) is 67.8 cm³/mol. The first-order chi connectivity index (χ1) is 8.56. The van der Waals surface area contributed by atoms with Crippen LogP contribution in [0.1, 0.15) is 31.5 Å². The number of nitrogens with zero attached hydrogens (tertiary/aromatic N) is 2. The van der Waals surface area contributed by atoms with E-state index < -0.39 is 12.0 Å². The van der Waals surface area contributed by atoms with Gasteiger partial charge in [0.15, 0.2) is 4.34 Å². The third kappa shape index (κ3) is 3.67. The maximum Gasteiger partial charge on any atom is 0.327 e. The highest BCUT2D eigenvalue weighted by molar-refractivity contribution is 8.01. The minimum atomic E-state index is -1.04. The Morgan fingerprint density at radius 2 is 2.33 bits per heavy atom. The topological polar surface area (TPSA) is 92.2 Å². The van der Waals surface area contributed by atoms with Crippen molar-refractivity contribution in [2.75, 3.05) is 5.75 Å². The maximum absolute atomic E-state index is 10.9. The van der Waals surface area contributed by atoms with Gasteiger partial charge in [0.05, 0.1) is 0 Å². The Morgan fingerprint density at radius 1 is 1.61 bits per heavy atom. The molecule has 1 heterocycles. The van der Waals surface area contributed by atoms with Crippen LogP contribution < -0.4 is 5.32 Å². The summed E-state index contributed by atoms with van der Waals surface area (Å²) in [5.74, 6) is 0.243. The Hall–Kier alpha value is -1.15. The van der Waals surface area contributed by atoms with Gasteiger partial charge in [-0.25, -0.2) is 9.78 Å². The molecule has 2 rings (SSSR count). The van der Waals surface area contributed by atoms with E-state index in [1.807, 2.05) is 0 Å². The molecule has 0 spiro atoms. The van der Waals surface area contributed by atoms with E-state index in [1.165, 1.54) is 30.2 Å². The van der Waals surface area contributed by atoms with Crippen molar-refractivity contribution in [3.8, 4) is 0 Å². The number of rotatable bonds is 6. The van der Waals surface area contributed by atoms with Crippen molar-refractivity contribution in [2.45, 2.75) is 36.1 Å². The summed E-state index contributed by atoms with van der Waals surface area (Å²) in [7, 11) is 0. The molecule has 1 aliphatic carbocycles.